The van der Waals surface area contributed by atoms with Crippen molar-refractivity contribution in [2.24, 2.45) is 4.99 Å². The van der Waals surface area contributed by atoms with Crippen LogP contribution in [-0.2, 0) is 11.4 Å². The van der Waals surface area contributed by atoms with E-state index in [1.54, 1.807) is 48.4 Å². The van der Waals surface area contributed by atoms with E-state index in [2.05, 4.69) is 4.99 Å². The fourth-order valence-corrected chi connectivity index (χ4v) is 5.34. The maximum atomic E-state index is 13.1. The van der Waals surface area contributed by atoms with Crippen molar-refractivity contribution in [3.63, 3.8) is 0 Å². The number of amides is 1. The summed E-state index contributed by atoms with van der Waals surface area (Å²) in [5, 5.41) is 1.97. The molecule has 1 amide bonds. The molecule has 6 nitrogen and oxygen atoms in total. The molecule has 1 aliphatic heterocycles. The summed E-state index contributed by atoms with van der Waals surface area (Å²) < 4.78 is 16.7. The van der Waals surface area contributed by atoms with E-state index in [0.29, 0.717) is 48.7 Å². The third-order valence-electron chi connectivity index (χ3n) is 5.44. The number of methoxy groups -OCH3 is 2. The van der Waals surface area contributed by atoms with Gasteiger partial charge >= 0.3 is 0 Å². The zero-order chi connectivity index (χ0) is 26.5. The van der Waals surface area contributed by atoms with E-state index in [1.807, 2.05) is 31.2 Å². The van der Waals surface area contributed by atoms with Crippen LogP contribution in [0, 0.1) is 0 Å². The van der Waals surface area contributed by atoms with Crippen LogP contribution >= 0.6 is 46.6 Å². The molecule has 0 aromatic heterocycles. The van der Waals surface area contributed by atoms with Gasteiger partial charge in [0.15, 0.2) is 16.7 Å². The average Bonchev–Trinajstić information content (AvgIpc) is 3.17. The molecule has 0 atom stereocenters. The Kier molecular flexibility index (Phi) is 8.92. The van der Waals surface area contributed by atoms with E-state index >= 15 is 0 Å². The fraction of sp³-hybridized carbons (Fsp3) is 0.185. The van der Waals surface area contributed by atoms with Gasteiger partial charge in [-0.15, -0.1) is 0 Å². The Hall–Kier alpha value is -2.84. The number of nitrogens with zero attached hydrogens (tertiary/aromatic N) is 2. The molecule has 0 saturated carbocycles. The minimum Gasteiger partial charge on any atom is -0.497 e. The number of hydrogen-bond acceptors (Lipinski definition) is 6. The first-order chi connectivity index (χ1) is 17.8. The summed E-state index contributed by atoms with van der Waals surface area (Å²) in [5.74, 6) is 1.41. The van der Waals surface area contributed by atoms with Gasteiger partial charge < -0.3 is 14.2 Å². The molecule has 3 aromatic carbocycles. The molecule has 1 aliphatic rings. The predicted octanol–water partition coefficient (Wildman–Crippen LogP) is 7.87. The smallest absolute Gasteiger partial charge is 0.266 e. The van der Waals surface area contributed by atoms with E-state index < -0.39 is 0 Å². The van der Waals surface area contributed by atoms with E-state index in [1.165, 1.54) is 18.9 Å². The Morgan fingerprint density at radius 3 is 2.38 bits per heavy atom. The van der Waals surface area contributed by atoms with Crippen LogP contribution in [0.3, 0.4) is 0 Å². The number of benzene rings is 3. The number of ether oxygens (including phenoxy) is 3. The number of carbonyl (C=O) groups excluding carboxylic acids is 1. The summed E-state index contributed by atoms with van der Waals surface area (Å²) in [5.41, 5.74) is 2.17. The first kappa shape index (κ1) is 27.2. The maximum absolute atomic E-state index is 13.1. The summed E-state index contributed by atoms with van der Waals surface area (Å²) in [6.07, 6.45) is 1.76. The lowest BCUT2D eigenvalue weighted by molar-refractivity contribution is -0.122. The van der Waals surface area contributed by atoms with Gasteiger partial charge in [-0.3, -0.25) is 9.69 Å². The molecular weight excluding hydrogens is 555 g/mol. The number of rotatable bonds is 8. The first-order valence-corrected chi connectivity index (χ1v) is 13.2. The highest BCUT2D eigenvalue weighted by atomic mass is 35.5. The molecular formula is C27H23Cl3N2O4S. The van der Waals surface area contributed by atoms with Gasteiger partial charge in [0.1, 0.15) is 12.4 Å². The number of aliphatic imine (C=N–C) groups is 1. The van der Waals surface area contributed by atoms with Crippen molar-refractivity contribution in [2.75, 3.05) is 20.8 Å². The van der Waals surface area contributed by atoms with Crippen molar-refractivity contribution < 1.29 is 19.0 Å². The third kappa shape index (κ3) is 6.36. The Bertz CT molecular complexity index is 1380. The lowest BCUT2D eigenvalue weighted by atomic mass is 10.1. The standard InChI is InChI=1S/C27H23Cl3N2O4S/c1-4-32-26(33)24(37-27(32)31-19-7-9-20(34-2)10-8-19)13-16-11-22(30)25(23(12-16)35-3)36-15-17-5-6-18(28)14-21(17)29/h5-14H,4,15H2,1-3H3/b24-13+,31-27?. The zero-order valence-electron chi connectivity index (χ0n) is 20.3. The van der Waals surface area contributed by atoms with Crippen LogP contribution in [0.1, 0.15) is 18.1 Å². The maximum Gasteiger partial charge on any atom is 0.266 e. The normalized spacial score (nSPS) is 15.5. The van der Waals surface area contributed by atoms with Crippen LogP contribution in [0.5, 0.6) is 17.2 Å². The SMILES string of the molecule is CCN1C(=O)/C(=C\c2cc(Cl)c(OCc3ccc(Cl)cc3Cl)c(OC)c2)SC1=Nc1ccc(OC)cc1. The molecule has 0 radical (unpaired) electrons. The molecule has 192 valence electrons. The van der Waals surface area contributed by atoms with E-state index in [4.69, 9.17) is 49.0 Å². The van der Waals surface area contributed by atoms with Crippen molar-refractivity contribution in [2.45, 2.75) is 13.5 Å². The molecule has 3 aromatic rings. The molecule has 0 aliphatic carbocycles. The van der Waals surface area contributed by atoms with E-state index in [9.17, 15) is 4.79 Å². The molecule has 1 heterocycles. The van der Waals surface area contributed by atoms with Crippen LogP contribution in [0.25, 0.3) is 6.08 Å². The van der Waals surface area contributed by atoms with Gasteiger partial charge in [0.25, 0.3) is 5.91 Å². The molecule has 4 rings (SSSR count). The van der Waals surface area contributed by atoms with E-state index in [-0.39, 0.29) is 12.5 Å². The van der Waals surface area contributed by atoms with Gasteiger partial charge in [0.05, 0.1) is 29.8 Å². The number of hydrogen-bond donors (Lipinski definition) is 0. The van der Waals surface area contributed by atoms with E-state index in [0.717, 1.165) is 17.0 Å². The molecule has 10 heteroatoms. The highest BCUT2D eigenvalue weighted by Crippen LogP contribution is 2.40. The van der Waals surface area contributed by atoms with Gasteiger partial charge in [-0.2, -0.15) is 0 Å². The number of halogens is 3. The van der Waals surface area contributed by atoms with Crippen LogP contribution < -0.4 is 14.2 Å². The lowest BCUT2D eigenvalue weighted by Crippen LogP contribution is -2.28. The number of thioether (sulfide) groups is 1. The zero-order valence-corrected chi connectivity index (χ0v) is 23.3. The molecule has 1 fully saturated rings. The molecule has 0 spiro atoms. The molecule has 37 heavy (non-hydrogen) atoms. The van der Waals surface area contributed by atoms with Gasteiger partial charge in [0.2, 0.25) is 0 Å². The minimum atomic E-state index is -0.132. The van der Waals surface area contributed by atoms with Crippen molar-refractivity contribution in [1.29, 1.82) is 0 Å². The van der Waals surface area contributed by atoms with Crippen LogP contribution in [0.15, 0.2) is 64.5 Å². The van der Waals surface area contributed by atoms with Crippen molar-refractivity contribution >= 4 is 69.4 Å². The fourth-order valence-electron chi connectivity index (χ4n) is 3.54. The summed E-state index contributed by atoms with van der Waals surface area (Å²) in [4.78, 5) is 19.9. The van der Waals surface area contributed by atoms with Gasteiger partial charge in [-0.1, -0.05) is 40.9 Å². The molecule has 0 unspecified atom stereocenters. The van der Waals surface area contributed by atoms with Gasteiger partial charge in [-0.05, 0) is 78.9 Å². The van der Waals surface area contributed by atoms with Crippen molar-refractivity contribution in [1.82, 2.24) is 4.90 Å². The Morgan fingerprint density at radius 1 is 0.973 bits per heavy atom. The van der Waals surface area contributed by atoms with Gasteiger partial charge in [0, 0.05) is 22.2 Å². The topological polar surface area (TPSA) is 60.4 Å². The van der Waals surface area contributed by atoms with Crippen LogP contribution in [0.4, 0.5) is 5.69 Å². The van der Waals surface area contributed by atoms with Crippen LogP contribution in [-0.4, -0.2) is 36.7 Å². The number of amidine groups is 1. The van der Waals surface area contributed by atoms with Gasteiger partial charge in [-0.25, -0.2) is 4.99 Å². The molecule has 1 saturated heterocycles. The number of likely N-dealkylation sites (N-methyl/N-ethyl adjacent to an activating group) is 1. The second kappa shape index (κ2) is 12.1. The molecule has 0 bridgehead atoms. The summed E-state index contributed by atoms with van der Waals surface area (Å²) in [6, 6.07) is 16.0. The minimum absolute atomic E-state index is 0.132. The third-order valence-corrected chi connectivity index (χ3v) is 7.31. The number of carbonyl (C=O) groups is 1. The summed E-state index contributed by atoms with van der Waals surface area (Å²) in [7, 11) is 3.13. The summed E-state index contributed by atoms with van der Waals surface area (Å²) in [6.45, 7) is 2.57. The largest absolute Gasteiger partial charge is 0.497 e. The first-order valence-electron chi connectivity index (χ1n) is 11.2. The highest BCUT2D eigenvalue weighted by molar-refractivity contribution is 8.18. The quantitative estimate of drug-likeness (QED) is 0.255. The summed E-state index contributed by atoms with van der Waals surface area (Å²) >= 11 is 20.1. The lowest BCUT2D eigenvalue weighted by Gasteiger charge is -2.14. The van der Waals surface area contributed by atoms with Crippen molar-refractivity contribution in [3.05, 3.63) is 85.7 Å². The highest BCUT2D eigenvalue weighted by Gasteiger charge is 2.32. The average molecular weight is 578 g/mol. The predicted molar refractivity (Wildman–Crippen MR) is 152 cm³/mol. The monoisotopic (exact) mass is 576 g/mol. The Morgan fingerprint density at radius 2 is 1.73 bits per heavy atom. The second-order valence-corrected chi connectivity index (χ2v) is 10.1. The second-order valence-electron chi connectivity index (χ2n) is 7.81. The Labute approximate surface area is 234 Å². The van der Waals surface area contributed by atoms with Crippen LogP contribution in [0.2, 0.25) is 15.1 Å². The van der Waals surface area contributed by atoms with Crippen molar-refractivity contribution in [3.8, 4) is 17.2 Å². The Balaban J connectivity index is 1.58. The molecule has 0 N–H and O–H groups in total.